The van der Waals surface area contributed by atoms with E-state index in [0.29, 0.717) is 17.8 Å². The average molecular weight is 415 g/mol. The second-order valence-electron chi connectivity index (χ2n) is 8.65. The van der Waals surface area contributed by atoms with Gasteiger partial charge in [-0.05, 0) is 24.0 Å². The summed E-state index contributed by atoms with van der Waals surface area (Å²) in [6.07, 6.45) is 0.246. The molecule has 162 valence electrons. The van der Waals surface area contributed by atoms with E-state index in [1.165, 1.54) is 9.80 Å². The summed E-state index contributed by atoms with van der Waals surface area (Å²) in [5.74, 6) is -1.40. The summed E-state index contributed by atoms with van der Waals surface area (Å²) >= 11 is 0. The Kier molecular flexibility index (Phi) is 6.14. The van der Waals surface area contributed by atoms with E-state index in [2.05, 4.69) is 5.32 Å². The van der Waals surface area contributed by atoms with Gasteiger partial charge in [0.15, 0.2) is 6.61 Å². The number of nitrogens with zero attached hydrogens (tertiary/aromatic N) is 2. The fraction of sp³-hybridized carbons (Fsp3) is 0.545. The van der Waals surface area contributed by atoms with Crippen molar-refractivity contribution in [3.63, 3.8) is 0 Å². The predicted octanol–water partition coefficient (Wildman–Crippen LogP) is 1.94. The van der Waals surface area contributed by atoms with Crippen molar-refractivity contribution < 1.29 is 23.9 Å². The summed E-state index contributed by atoms with van der Waals surface area (Å²) in [5.41, 5.74) is -0.775. The van der Waals surface area contributed by atoms with Gasteiger partial charge >= 0.3 is 5.97 Å². The van der Waals surface area contributed by atoms with Crippen molar-refractivity contribution >= 4 is 29.4 Å². The van der Waals surface area contributed by atoms with Crippen LogP contribution in [0.15, 0.2) is 24.3 Å². The van der Waals surface area contributed by atoms with Gasteiger partial charge < -0.3 is 15.0 Å². The van der Waals surface area contributed by atoms with Crippen LogP contribution in [0.1, 0.15) is 50.9 Å². The molecule has 2 aliphatic heterocycles. The number of hydrogen-bond acceptors (Lipinski definition) is 5. The van der Waals surface area contributed by atoms with Gasteiger partial charge in [0.05, 0.1) is 11.3 Å². The van der Waals surface area contributed by atoms with Crippen molar-refractivity contribution in [3.8, 4) is 0 Å². The predicted molar refractivity (Wildman–Crippen MR) is 111 cm³/mol. The van der Waals surface area contributed by atoms with Crippen LogP contribution in [0.2, 0.25) is 0 Å². The number of nitrogens with one attached hydrogen (secondary N) is 1. The van der Waals surface area contributed by atoms with E-state index in [4.69, 9.17) is 4.74 Å². The van der Waals surface area contributed by atoms with Crippen LogP contribution in [0.5, 0.6) is 0 Å². The number of rotatable bonds is 7. The lowest BCUT2D eigenvalue weighted by Gasteiger charge is -2.48. The largest absolute Gasteiger partial charge is 0.452 e. The quantitative estimate of drug-likeness (QED) is 0.687. The molecule has 1 N–H and O–H groups in total. The minimum atomic E-state index is -1.56. The van der Waals surface area contributed by atoms with E-state index in [-0.39, 0.29) is 43.0 Å². The van der Waals surface area contributed by atoms with Crippen LogP contribution in [0.4, 0.5) is 5.69 Å². The number of carbonyl (C=O) groups excluding carboxylic acids is 4. The number of para-hydroxylation sites is 1. The van der Waals surface area contributed by atoms with Gasteiger partial charge in [0.2, 0.25) is 11.6 Å². The number of amides is 3. The van der Waals surface area contributed by atoms with Crippen LogP contribution in [0.25, 0.3) is 0 Å². The lowest BCUT2D eigenvalue weighted by atomic mass is 9.95. The van der Waals surface area contributed by atoms with Crippen molar-refractivity contribution in [1.29, 1.82) is 0 Å². The SMILES string of the molecule is CC(C)CNC(=O)COC(=O)[C@]12CCC(=O)N1c1ccccc1C(=O)N2CC(C)C. The molecule has 0 spiro atoms. The average Bonchev–Trinajstić information content (AvgIpc) is 3.06. The Balaban J connectivity index is 1.95. The summed E-state index contributed by atoms with van der Waals surface area (Å²) in [6.45, 7) is 8.09. The third kappa shape index (κ3) is 3.78. The van der Waals surface area contributed by atoms with Crippen LogP contribution in [-0.4, -0.2) is 54.0 Å². The molecule has 0 radical (unpaired) electrons. The third-order valence-electron chi connectivity index (χ3n) is 5.29. The normalized spacial score (nSPS) is 20.5. The lowest BCUT2D eigenvalue weighted by molar-refractivity contribution is -0.160. The van der Waals surface area contributed by atoms with Crippen molar-refractivity contribution in [2.45, 2.75) is 46.2 Å². The molecule has 1 atom stereocenters. The summed E-state index contributed by atoms with van der Waals surface area (Å²) < 4.78 is 5.37. The van der Waals surface area contributed by atoms with Gasteiger partial charge in [-0.25, -0.2) is 4.79 Å². The highest BCUT2D eigenvalue weighted by Gasteiger charge is 2.62. The van der Waals surface area contributed by atoms with Gasteiger partial charge in [-0.2, -0.15) is 0 Å². The Labute approximate surface area is 176 Å². The van der Waals surface area contributed by atoms with Gasteiger partial charge in [0, 0.05) is 25.9 Å². The van der Waals surface area contributed by atoms with E-state index in [9.17, 15) is 19.2 Å². The monoisotopic (exact) mass is 415 g/mol. The zero-order valence-electron chi connectivity index (χ0n) is 17.9. The van der Waals surface area contributed by atoms with Crippen molar-refractivity contribution in [3.05, 3.63) is 29.8 Å². The number of benzene rings is 1. The first-order valence-electron chi connectivity index (χ1n) is 10.4. The van der Waals surface area contributed by atoms with E-state index < -0.39 is 24.1 Å². The summed E-state index contributed by atoms with van der Waals surface area (Å²) in [7, 11) is 0. The molecule has 1 fully saturated rings. The molecule has 3 amide bonds. The van der Waals surface area contributed by atoms with Crippen LogP contribution in [-0.2, 0) is 19.1 Å². The molecule has 1 aromatic rings. The van der Waals surface area contributed by atoms with Crippen LogP contribution < -0.4 is 10.2 Å². The molecular weight excluding hydrogens is 386 g/mol. The molecule has 0 saturated carbocycles. The maximum Gasteiger partial charge on any atom is 0.354 e. The molecule has 8 heteroatoms. The summed E-state index contributed by atoms with van der Waals surface area (Å²) in [4.78, 5) is 54.4. The number of ether oxygens (including phenoxy) is 1. The van der Waals surface area contributed by atoms with Gasteiger partial charge in [-0.1, -0.05) is 39.8 Å². The van der Waals surface area contributed by atoms with Crippen LogP contribution >= 0.6 is 0 Å². The molecule has 30 heavy (non-hydrogen) atoms. The standard InChI is InChI=1S/C22H29N3O5/c1-14(2)11-23-18(26)13-30-21(29)22-10-9-19(27)25(22)17-8-6-5-7-16(17)20(28)24(22)12-15(3)4/h5-8,14-15H,9-13H2,1-4H3,(H,23,26)/t22-/m0/s1. The Bertz CT molecular complexity index is 866. The summed E-state index contributed by atoms with van der Waals surface area (Å²) in [5, 5.41) is 2.70. The maximum atomic E-state index is 13.3. The van der Waals surface area contributed by atoms with Crippen molar-refractivity contribution in [2.75, 3.05) is 24.6 Å². The molecule has 0 aromatic heterocycles. The number of hydrogen-bond donors (Lipinski definition) is 1. The molecule has 1 saturated heterocycles. The zero-order valence-corrected chi connectivity index (χ0v) is 17.9. The van der Waals surface area contributed by atoms with Crippen LogP contribution in [0.3, 0.4) is 0 Å². The maximum absolute atomic E-state index is 13.3. The van der Waals surface area contributed by atoms with Crippen molar-refractivity contribution in [1.82, 2.24) is 10.2 Å². The Morgan fingerprint density at radius 2 is 1.83 bits per heavy atom. The first-order valence-corrected chi connectivity index (χ1v) is 10.4. The van der Waals surface area contributed by atoms with Gasteiger partial charge in [-0.15, -0.1) is 0 Å². The first-order chi connectivity index (χ1) is 14.2. The molecule has 2 aliphatic rings. The molecule has 0 unspecified atom stereocenters. The zero-order chi connectivity index (χ0) is 22.1. The van der Waals surface area contributed by atoms with E-state index in [1.54, 1.807) is 24.3 Å². The number of fused-ring (bicyclic) bond motifs is 3. The molecule has 2 heterocycles. The third-order valence-corrected chi connectivity index (χ3v) is 5.29. The molecule has 0 bridgehead atoms. The molecular formula is C22H29N3O5. The smallest absolute Gasteiger partial charge is 0.354 e. The number of anilines is 1. The molecule has 3 rings (SSSR count). The van der Waals surface area contributed by atoms with Crippen molar-refractivity contribution in [2.24, 2.45) is 11.8 Å². The highest BCUT2D eigenvalue weighted by atomic mass is 16.5. The van der Waals surface area contributed by atoms with Gasteiger partial charge in [0.25, 0.3) is 11.8 Å². The number of carbonyl (C=O) groups is 4. The topological polar surface area (TPSA) is 96.0 Å². The summed E-state index contributed by atoms with van der Waals surface area (Å²) in [6, 6.07) is 6.78. The highest BCUT2D eigenvalue weighted by Crippen LogP contribution is 2.45. The van der Waals surface area contributed by atoms with E-state index in [1.807, 2.05) is 27.7 Å². The van der Waals surface area contributed by atoms with Gasteiger partial charge in [-0.3, -0.25) is 19.3 Å². The highest BCUT2D eigenvalue weighted by molar-refractivity contribution is 6.15. The second kappa shape index (κ2) is 8.45. The second-order valence-corrected chi connectivity index (χ2v) is 8.65. The Morgan fingerprint density at radius 1 is 1.13 bits per heavy atom. The molecule has 8 nitrogen and oxygen atoms in total. The molecule has 0 aliphatic carbocycles. The van der Waals surface area contributed by atoms with Crippen LogP contribution in [0, 0.1) is 11.8 Å². The number of esters is 1. The lowest BCUT2D eigenvalue weighted by Crippen LogP contribution is -2.69. The van der Waals surface area contributed by atoms with E-state index in [0.717, 1.165) is 0 Å². The van der Waals surface area contributed by atoms with E-state index >= 15 is 0 Å². The Morgan fingerprint density at radius 3 is 2.50 bits per heavy atom. The fourth-order valence-electron chi connectivity index (χ4n) is 3.98. The minimum Gasteiger partial charge on any atom is -0.452 e. The van der Waals surface area contributed by atoms with Gasteiger partial charge in [0.1, 0.15) is 0 Å². The molecule has 1 aromatic carbocycles. The Hall–Kier alpha value is -2.90. The fourth-order valence-corrected chi connectivity index (χ4v) is 3.98. The first kappa shape index (κ1) is 21.8. The minimum absolute atomic E-state index is 0.0655.